The highest BCUT2D eigenvalue weighted by Gasteiger charge is 2.52. The van der Waals surface area contributed by atoms with Crippen molar-refractivity contribution in [1.82, 2.24) is 0 Å². The SMILES string of the molecule is O=C(O)c1cc(O)c2c(c1)C(=O)c1cccc(O)c1C2=O.O=C(O)c1cc(O)c2c(c1)[C@H]([C@H]1c3cc(C(=O)O)cc(O)c3C(=O)c3c(O[C@@H]4O[C@H](CO)[C@@H](O)[C@H](O)[C@H]4O)cccc31)c1cccc(OC3O[C@H](CO)[C@@H](O)[C@H](O)[C@H]3O)c1C2=O.O=C1c2cccc(O)c2C(=O)c2c(O)cc(CO)cc21.OC[C@@H]1O[C@H](Oc2ccc(/C=C/c3cc(O)cc(O)c3)cc2)[C@@H](O)[C@H](O)[C@H]1O. The second-order valence-corrected chi connectivity index (χ2v) is 30.8. The van der Waals surface area contributed by atoms with Crippen LogP contribution in [0.15, 0.2) is 164 Å². The van der Waals surface area contributed by atoms with Gasteiger partial charge in [0.25, 0.3) is 0 Å². The zero-order chi connectivity index (χ0) is 94.6. The molecule has 0 spiro atoms. The third-order valence-electron chi connectivity index (χ3n) is 22.7. The molecule has 17 rings (SSSR count). The van der Waals surface area contributed by atoms with Gasteiger partial charge in [0.2, 0.25) is 42.0 Å². The van der Waals surface area contributed by atoms with E-state index in [1.54, 1.807) is 36.4 Å². The van der Waals surface area contributed by atoms with Gasteiger partial charge in [-0.15, -0.1) is 0 Å². The fraction of sp³-hybridized carbons (Fsp3) is 0.228. The predicted octanol–water partition coefficient (Wildman–Crippen LogP) is 2.29. The molecule has 10 aromatic rings. The van der Waals surface area contributed by atoms with Crippen molar-refractivity contribution >= 4 is 64.8 Å². The Labute approximate surface area is 735 Å². The van der Waals surface area contributed by atoms with Crippen LogP contribution in [0.25, 0.3) is 12.2 Å². The molecular weight excluding hydrogens is 1730 g/mol. The van der Waals surface area contributed by atoms with Crippen LogP contribution in [0.4, 0.5) is 0 Å². The van der Waals surface area contributed by atoms with Crippen molar-refractivity contribution in [2.24, 2.45) is 0 Å². The molecule has 17 atom stereocenters. The Kier molecular flexibility index (Phi) is 26.4. The van der Waals surface area contributed by atoms with Gasteiger partial charge < -0.3 is 151 Å². The first-order valence-corrected chi connectivity index (χ1v) is 39.5. The van der Waals surface area contributed by atoms with E-state index in [1.807, 2.05) is 0 Å². The van der Waals surface area contributed by atoms with E-state index in [4.69, 9.17) is 38.6 Å². The number of carboxylic acids is 3. The maximum atomic E-state index is 14.7. The average Bonchev–Trinajstić information content (AvgIpc) is 0.703. The number of fused-ring (bicyclic) bond motifs is 8. The lowest BCUT2D eigenvalue weighted by Gasteiger charge is -2.41. The molecule has 3 aliphatic heterocycles. The van der Waals surface area contributed by atoms with Gasteiger partial charge in [0.15, 0.2) is 11.6 Å². The highest BCUT2D eigenvalue weighted by atomic mass is 16.7. The zero-order valence-corrected chi connectivity index (χ0v) is 67.2. The summed E-state index contributed by atoms with van der Waals surface area (Å²) in [6.45, 7) is -2.52. The molecule has 24 N–H and O–H groups in total. The summed E-state index contributed by atoms with van der Waals surface area (Å²) >= 11 is 0. The summed E-state index contributed by atoms with van der Waals surface area (Å²) in [5, 5.41) is 241. The summed E-state index contributed by atoms with van der Waals surface area (Å²) in [6, 6.07) is 35.7. The number of benzene rings is 10. The number of ketones is 6. The largest absolute Gasteiger partial charge is 0.508 e. The number of phenolic OH excluding ortho intramolecular Hbond substituents is 8. The van der Waals surface area contributed by atoms with Gasteiger partial charge in [0, 0.05) is 40.2 Å². The zero-order valence-electron chi connectivity index (χ0n) is 67.2. The number of hydrogen-bond donors (Lipinski definition) is 24. The third kappa shape index (κ3) is 17.4. The third-order valence-corrected chi connectivity index (χ3v) is 22.7. The Bertz CT molecular complexity index is 6120. The number of aromatic carboxylic acids is 3. The summed E-state index contributed by atoms with van der Waals surface area (Å²) in [5.41, 5.74) is -2.19. The summed E-state index contributed by atoms with van der Waals surface area (Å²) in [5.74, 6) is -15.2. The number of carbonyl (C=O) groups is 9. The molecule has 3 heterocycles. The number of carbonyl (C=O) groups excluding carboxylic acids is 6. The summed E-state index contributed by atoms with van der Waals surface area (Å²) in [4.78, 5) is 115. The fourth-order valence-corrected chi connectivity index (χ4v) is 16.4. The van der Waals surface area contributed by atoms with Crippen molar-refractivity contribution in [3.05, 3.63) is 286 Å². The molecule has 131 heavy (non-hydrogen) atoms. The minimum absolute atomic E-state index is 0.00301. The van der Waals surface area contributed by atoms with Crippen LogP contribution in [0.1, 0.15) is 177 Å². The van der Waals surface area contributed by atoms with Gasteiger partial charge >= 0.3 is 17.9 Å². The summed E-state index contributed by atoms with van der Waals surface area (Å²) < 4.78 is 33.9. The van der Waals surface area contributed by atoms with E-state index in [0.29, 0.717) is 16.9 Å². The number of aromatic hydroxyl groups is 8. The Hall–Kier alpha value is -14.5. The lowest BCUT2D eigenvalue weighted by atomic mass is 9.63. The number of carboxylic acid groups (broad SMARTS) is 3. The van der Waals surface area contributed by atoms with Crippen molar-refractivity contribution in [3.8, 4) is 63.2 Å². The number of aliphatic hydroxyl groups excluding tert-OH is 13. The van der Waals surface area contributed by atoms with Crippen molar-refractivity contribution in [2.75, 3.05) is 19.8 Å². The van der Waals surface area contributed by atoms with Crippen LogP contribution in [0.3, 0.4) is 0 Å². The van der Waals surface area contributed by atoms with Gasteiger partial charge in [0.05, 0.1) is 87.6 Å². The van der Waals surface area contributed by atoms with Crippen LogP contribution in [0.2, 0.25) is 0 Å². The highest BCUT2D eigenvalue weighted by molar-refractivity contribution is 6.31. The topological polar surface area (TPSA) is 695 Å². The van der Waals surface area contributed by atoms with Crippen LogP contribution in [0.5, 0.6) is 63.2 Å². The summed E-state index contributed by atoms with van der Waals surface area (Å²) in [7, 11) is 0. The smallest absolute Gasteiger partial charge is 0.335 e. The molecule has 7 aliphatic rings. The van der Waals surface area contributed by atoms with E-state index >= 15 is 0 Å². The van der Waals surface area contributed by atoms with E-state index in [2.05, 4.69) is 0 Å². The molecule has 0 aromatic heterocycles. The molecule has 4 aliphatic carbocycles. The number of phenols is 8. The average molecular weight is 1810 g/mol. The second kappa shape index (κ2) is 37.3. The first-order valence-electron chi connectivity index (χ1n) is 39.5. The van der Waals surface area contributed by atoms with Crippen molar-refractivity contribution in [1.29, 1.82) is 0 Å². The molecule has 0 amide bonds. The van der Waals surface area contributed by atoms with E-state index in [-0.39, 0.29) is 130 Å². The molecule has 0 radical (unpaired) electrons. The number of ether oxygens (including phenoxy) is 6. The Morgan fingerprint density at radius 1 is 0.305 bits per heavy atom. The number of aliphatic hydroxyl groups is 13. The van der Waals surface area contributed by atoms with Gasteiger partial charge in [-0.25, -0.2) is 14.4 Å². The van der Waals surface area contributed by atoms with Crippen LogP contribution in [0, 0.1) is 0 Å². The number of rotatable bonds is 16. The minimum atomic E-state index is -1.94. The van der Waals surface area contributed by atoms with Crippen LogP contribution in [-0.2, 0) is 20.8 Å². The van der Waals surface area contributed by atoms with Gasteiger partial charge in [0.1, 0.15) is 136 Å². The first-order chi connectivity index (χ1) is 62.3. The van der Waals surface area contributed by atoms with E-state index in [9.17, 15) is 155 Å². The molecule has 3 fully saturated rings. The van der Waals surface area contributed by atoms with E-state index in [0.717, 1.165) is 42.0 Å². The fourth-order valence-electron chi connectivity index (χ4n) is 16.4. The minimum Gasteiger partial charge on any atom is -0.508 e. The van der Waals surface area contributed by atoms with Gasteiger partial charge in [-0.05, 0) is 136 Å². The predicted molar refractivity (Wildman–Crippen MR) is 441 cm³/mol. The molecule has 680 valence electrons. The molecule has 3 saturated heterocycles. The van der Waals surface area contributed by atoms with Crippen molar-refractivity contribution in [2.45, 2.75) is 111 Å². The van der Waals surface area contributed by atoms with E-state index in [1.165, 1.54) is 103 Å². The van der Waals surface area contributed by atoms with Gasteiger partial charge in [-0.3, -0.25) is 28.8 Å². The van der Waals surface area contributed by atoms with Crippen LogP contribution >= 0.6 is 0 Å². The second-order valence-electron chi connectivity index (χ2n) is 30.8. The van der Waals surface area contributed by atoms with Crippen LogP contribution in [-0.4, -0.2) is 287 Å². The lowest BCUT2D eigenvalue weighted by molar-refractivity contribution is -0.277. The van der Waals surface area contributed by atoms with Crippen molar-refractivity contribution in [3.63, 3.8) is 0 Å². The summed E-state index contributed by atoms with van der Waals surface area (Å²) in [6.07, 6.45) is -20.9. The normalized spacial score (nSPS) is 24.2. The molecule has 39 nitrogen and oxygen atoms in total. The monoisotopic (exact) mass is 1810 g/mol. The molecule has 39 heteroatoms. The molecule has 0 bridgehead atoms. The first kappa shape index (κ1) is 92.7. The lowest BCUT2D eigenvalue weighted by Crippen LogP contribution is -2.60. The highest BCUT2D eigenvalue weighted by Crippen LogP contribution is 2.57. The molecule has 1 unspecified atom stereocenters. The Morgan fingerprint density at radius 3 is 1.04 bits per heavy atom. The maximum Gasteiger partial charge on any atom is 0.335 e. The van der Waals surface area contributed by atoms with Gasteiger partial charge in [-0.1, -0.05) is 72.8 Å². The molecule has 0 saturated carbocycles. The number of hydrogen-bond acceptors (Lipinski definition) is 36. The van der Waals surface area contributed by atoms with Crippen LogP contribution < -0.4 is 14.2 Å². The Morgan fingerprint density at radius 2 is 0.649 bits per heavy atom. The quantitative estimate of drug-likeness (QED) is 0.0617. The van der Waals surface area contributed by atoms with Crippen molar-refractivity contribution < 1.29 is 194 Å². The molecular formula is C92H78O39. The maximum absolute atomic E-state index is 14.7. The van der Waals surface area contributed by atoms with E-state index < -0.39 is 216 Å². The standard InChI is InChI=1S/C42H38O20.C20H22O8.C15H8O6.C15H10O5/c43-11-23-31(47)35(51)37(53)41(61-23)59-21-5-1-3-15-25(17-7-13(39(55)56)9-19(45)27(17)33(49)29(15)21)26-16-4-2-6-22(60-42-38(54)36(52)32(48)24(12-44)62-42)30(16)34(50)28-18(26)8-14(40(57)58)10-20(28)46;21-10-16-17(24)18(25)19(26)20(28-16)27-15-5-3-11(4-6-15)1-2-12-7-13(22)9-14(23)8-12;16-9-3-1-2-7-11(9)14(19)12-8(13(7)18)4-6(15(20)21)5-10(12)17;16-6-7-4-9-13(11(18)5-7)15(20)12-8(14(9)19)2-1-3-10(12)17/h1-10,23-26,31-32,35-38,41-48,51-54H,11-12H2,(H,55,56)(H,57,58);1-9,16-26H,10H2;1-5,16-17H,(H,20,21);1-5,16-18H,6H2/b;2-1+;;/t23-,24-,25-,26-,31-,32-,35+,36+,37-,38-,41-,42?;16-,17-,18+,19-,20-;;/m10../s1. The van der Waals surface area contributed by atoms with Gasteiger partial charge in [-0.2, -0.15) is 0 Å². The molecule has 10 aromatic carbocycles. The Balaban J connectivity index is 0.000000163.